The molecule has 2 aliphatic rings. The molecule has 132 valence electrons. The highest BCUT2D eigenvalue weighted by molar-refractivity contribution is 9.10. The first-order valence-corrected chi connectivity index (χ1v) is 9.12. The molecular weight excluding hydrogens is 377 g/mol. The fraction of sp³-hybridized carbons (Fsp3) is 0.611. The molecule has 1 spiro atoms. The van der Waals surface area contributed by atoms with Crippen LogP contribution in [0.4, 0.5) is 9.18 Å². The zero-order valence-electron chi connectivity index (χ0n) is 14.3. The lowest BCUT2D eigenvalue weighted by molar-refractivity contribution is -0.0274. The largest absolute Gasteiger partial charge is 0.487 e. The molecule has 4 nitrogen and oxygen atoms in total. The lowest BCUT2D eigenvalue weighted by Crippen LogP contribution is -2.52. The number of rotatable bonds is 0. The smallest absolute Gasteiger partial charge is 0.410 e. The van der Waals surface area contributed by atoms with Crippen LogP contribution in [0, 0.1) is 5.82 Å². The summed E-state index contributed by atoms with van der Waals surface area (Å²) in [6.07, 6.45) is 2.96. The molecule has 0 radical (unpaired) electrons. The number of hydrogen-bond acceptors (Lipinski definition) is 3. The van der Waals surface area contributed by atoms with Gasteiger partial charge < -0.3 is 14.4 Å². The summed E-state index contributed by atoms with van der Waals surface area (Å²) in [6, 6.07) is 3.26. The Morgan fingerprint density at radius 3 is 2.58 bits per heavy atom. The Hall–Kier alpha value is -1.30. The van der Waals surface area contributed by atoms with Crippen molar-refractivity contribution in [3.05, 3.63) is 28.0 Å². The van der Waals surface area contributed by atoms with Gasteiger partial charge in [-0.3, -0.25) is 0 Å². The van der Waals surface area contributed by atoms with Crippen LogP contribution in [0.15, 0.2) is 16.6 Å². The number of hydrogen-bond donors (Lipinski definition) is 0. The van der Waals surface area contributed by atoms with Gasteiger partial charge in [-0.2, -0.15) is 0 Å². The second-order valence-corrected chi connectivity index (χ2v) is 8.48. The van der Waals surface area contributed by atoms with Gasteiger partial charge in [-0.05, 0) is 61.2 Å². The molecule has 1 amide bonds. The van der Waals surface area contributed by atoms with Crippen molar-refractivity contribution in [2.45, 2.75) is 57.7 Å². The molecule has 24 heavy (non-hydrogen) atoms. The van der Waals surface area contributed by atoms with Gasteiger partial charge in [-0.15, -0.1) is 0 Å². The molecule has 1 aromatic carbocycles. The molecule has 1 aromatic rings. The van der Waals surface area contributed by atoms with Crippen LogP contribution in [0.1, 0.15) is 45.6 Å². The molecule has 6 heteroatoms. The molecule has 0 bridgehead atoms. The van der Waals surface area contributed by atoms with E-state index < -0.39 is 5.60 Å². The Bertz CT molecular complexity index is 648. The highest BCUT2D eigenvalue weighted by Gasteiger charge is 2.41. The Morgan fingerprint density at radius 1 is 1.29 bits per heavy atom. The SMILES string of the molecule is CC(C)(C)OC(=O)N1CCC2(CCc3cc(Br)c(F)cc3O2)CC1. The number of carbonyl (C=O) groups is 1. The van der Waals surface area contributed by atoms with Crippen molar-refractivity contribution >= 4 is 22.0 Å². The standard InChI is InChI=1S/C18H23BrFNO3/c1-17(2,3)24-16(22)21-8-6-18(7-9-21)5-4-12-10-13(19)14(20)11-15(12)23-18/h10-11H,4-9H2,1-3H3. The van der Waals surface area contributed by atoms with Crippen LogP contribution in [0.5, 0.6) is 5.75 Å². The van der Waals surface area contributed by atoms with Crippen molar-refractivity contribution in [2.24, 2.45) is 0 Å². The molecular formula is C18H23BrFNO3. The summed E-state index contributed by atoms with van der Waals surface area (Å²) in [5.74, 6) is 0.324. The Morgan fingerprint density at radius 2 is 1.96 bits per heavy atom. The van der Waals surface area contributed by atoms with Crippen molar-refractivity contribution in [1.29, 1.82) is 0 Å². The number of ether oxygens (including phenoxy) is 2. The van der Waals surface area contributed by atoms with Gasteiger partial charge >= 0.3 is 6.09 Å². The monoisotopic (exact) mass is 399 g/mol. The number of carbonyl (C=O) groups excluding carboxylic acids is 1. The molecule has 0 atom stereocenters. The minimum absolute atomic E-state index is 0.275. The van der Waals surface area contributed by atoms with Crippen molar-refractivity contribution in [3.63, 3.8) is 0 Å². The van der Waals surface area contributed by atoms with Gasteiger partial charge in [0.25, 0.3) is 0 Å². The van der Waals surface area contributed by atoms with Crippen LogP contribution in [0.25, 0.3) is 0 Å². The molecule has 2 heterocycles. The number of aryl methyl sites for hydroxylation is 1. The Labute approximate surface area is 150 Å². The summed E-state index contributed by atoms with van der Waals surface area (Å²) >= 11 is 3.22. The first-order valence-electron chi connectivity index (χ1n) is 8.32. The zero-order chi connectivity index (χ0) is 17.5. The number of nitrogens with zero attached hydrogens (tertiary/aromatic N) is 1. The molecule has 1 fully saturated rings. The van der Waals surface area contributed by atoms with E-state index >= 15 is 0 Å². The van der Waals surface area contributed by atoms with Crippen LogP contribution in [-0.4, -0.2) is 35.3 Å². The zero-order valence-corrected chi connectivity index (χ0v) is 15.9. The molecule has 0 unspecified atom stereocenters. The van der Waals surface area contributed by atoms with Crippen LogP contribution in [0.2, 0.25) is 0 Å². The van der Waals surface area contributed by atoms with Crippen molar-refractivity contribution in [1.82, 2.24) is 4.90 Å². The minimum atomic E-state index is -0.489. The number of likely N-dealkylation sites (tertiary alicyclic amines) is 1. The van der Waals surface area contributed by atoms with E-state index in [1.165, 1.54) is 6.07 Å². The summed E-state index contributed by atoms with van der Waals surface area (Å²) < 4.78 is 25.9. The summed E-state index contributed by atoms with van der Waals surface area (Å²) in [5, 5.41) is 0. The summed E-state index contributed by atoms with van der Waals surface area (Å²) in [7, 11) is 0. The van der Waals surface area contributed by atoms with Gasteiger partial charge in [-0.1, -0.05) is 0 Å². The van der Waals surface area contributed by atoms with E-state index in [1.807, 2.05) is 20.8 Å². The minimum Gasteiger partial charge on any atom is -0.487 e. The van der Waals surface area contributed by atoms with Gasteiger partial charge in [0.15, 0.2) is 0 Å². The first-order chi connectivity index (χ1) is 11.2. The molecule has 0 aromatic heterocycles. The third-order valence-corrected chi connectivity index (χ3v) is 5.21. The van der Waals surface area contributed by atoms with E-state index in [2.05, 4.69) is 15.9 Å². The lowest BCUT2D eigenvalue weighted by atomic mass is 9.83. The van der Waals surface area contributed by atoms with Gasteiger partial charge in [-0.25, -0.2) is 9.18 Å². The highest BCUT2D eigenvalue weighted by Crippen LogP contribution is 2.41. The second-order valence-electron chi connectivity index (χ2n) is 7.63. The van der Waals surface area contributed by atoms with Crippen molar-refractivity contribution in [3.8, 4) is 5.75 Å². The van der Waals surface area contributed by atoms with Gasteiger partial charge in [0.1, 0.15) is 22.8 Å². The maximum Gasteiger partial charge on any atom is 0.410 e. The topological polar surface area (TPSA) is 38.8 Å². The normalized spacial score (nSPS) is 19.6. The molecule has 1 saturated heterocycles. The third kappa shape index (κ3) is 3.68. The van der Waals surface area contributed by atoms with Crippen LogP contribution < -0.4 is 4.74 Å². The van der Waals surface area contributed by atoms with Gasteiger partial charge in [0.05, 0.1) is 4.47 Å². The second kappa shape index (κ2) is 6.21. The van der Waals surface area contributed by atoms with E-state index in [9.17, 15) is 9.18 Å². The van der Waals surface area contributed by atoms with Crippen molar-refractivity contribution in [2.75, 3.05) is 13.1 Å². The maximum atomic E-state index is 13.8. The first kappa shape index (κ1) is 17.5. The van der Waals surface area contributed by atoms with Gasteiger partial charge in [0.2, 0.25) is 0 Å². The number of fused-ring (bicyclic) bond motifs is 1. The Balaban J connectivity index is 1.66. The van der Waals surface area contributed by atoms with Crippen LogP contribution >= 0.6 is 15.9 Å². The number of benzene rings is 1. The van der Waals surface area contributed by atoms with Crippen LogP contribution in [-0.2, 0) is 11.2 Å². The van der Waals surface area contributed by atoms with E-state index in [0.29, 0.717) is 23.3 Å². The summed E-state index contributed by atoms with van der Waals surface area (Å²) in [5.41, 5.74) is 0.242. The van der Waals surface area contributed by atoms with E-state index in [-0.39, 0.29) is 17.5 Å². The predicted octanol–water partition coefficient (Wildman–Crippen LogP) is 4.68. The molecule has 3 rings (SSSR count). The van der Waals surface area contributed by atoms with E-state index in [0.717, 1.165) is 31.2 Å². The number of piperidine rings is 1. The predicted molar refractivity (Wildman–Crippen MR) is 92.8 cm³/mol. The average Bonchev–Trinajstić information content (AvgIpc) is 2.48. The molecule has 0 aliphatic carbocycles. The van der Waals surface area contributed by atoms with Crippen molar-refractivity contribution < 1.29 is 18.7 Å². The Kier molecular flexibility index (Phi) is 4.53. The summed E-state index contributed by atoms with van der Waals surface area (Å²) in [4.78, 5) is 13.9. The average molecular weight is 400 g/mol. The van der Waals surface area contributed by atoms with Gasteiger partial charge in [0, 0.05) is 32.0 Å². The fourth-order valence-electron chi connectivity index (χ4n) is 3.28. The summed E-state index contributed by atoms with van der Waals surface area (Å²) in [6.45, 7) is 6.80. The van der Waals surface area contributed by atoms with Crippen LogP contribution in [0.3, 0.4) is 0 Å². The van der Waals surface area contributed by atoms with E-state index in [1.54, 1.807) is 11.0 Å². The maximum absolute atomic E-state index is 13.8. The van der Waals surface area contributed by atoms with E-state index in [4.69, 9.17) is 9.47 Å². The fourth-order valence-corrected chi connectivity index (χ4v) is 3.67. The highest BCUT2D eigenvalue weighted by atomic mass is 79.9. The number of amides is 1. The molecule has 0 saturated carbocycles. The lowest BCUT2D eigenvalue weighted by Gasteiger charge is -2.44. The quantitative estimate of drug-likeness (QED) is 0.635. The third-order valence-electron chi connectivity index (χ3n) is 4.61. The molecule has 0 N–H and O–H groups in total. The number of halogens is 2. The molecule has 2 aliphatic heterocycles.